The second-order valence-corrected chi connectivity index (χ2v) is 9.27. The molecule has 1 amide bonds. The van der Waals surface area contributed by atoms with Crippen molar-refractivity contribution in [2.75, 3.05) is 36.8 Å². The van der Waals surface area contributed by atoms with Crippen molar-refractivity contribution < 1.29 is 22.4 Å². The van der Waals surface area contributed by atoms with E-state index in [0.717, 1.165) is 6.42 Å². The molecule has 3 fully saturated rings. The molecule has 6 heterocycles. The van der Waals surface area contributed by atoms with E-state index in [4.69, 9.17) is 10.2 Å². The molecule has 186 valence electrons. The summed E-state index contributed by atoms with van der Waals surface area (Å²) in [5.74, 6) is 1.26. The first-order chi connectivity index (χ1) is 16.8. The van der Waals surface area contributed by atoms with Gasteiger partial charge in [0.25, 0.3) is 5.78 Å². The van der Waals surface area contributed by atoms with Crippen LogP contribution in [0.3, 0.4) is 0 Å². The number of rotatable bonds is 4. The van der Waals surface area contributed by atoms with Crippen LogP contribution in [0.4, 0.5) is 25.1 Å². The number of nitrogens with zero attached hydrogens (tertiary/aromatic N) is 8. The Morgan fingerprint density at radius 3 is 2.60 bits per heavy atom. The van der Waals surface area contributed by atoms with Gasteiger partial charge in [0.05, 0.1) is 12.8 Å². The maximum Gasteiger partial charge on any atom is 0.401 e. The van der Waals surface area contributed by atoms with Gasteiger partial charge >= 0.3 is 6.18 Å². The molecule has 3 aliphatic heterocycles. The van der Waals surface area contributed by atoms with Crippen LogP contribution in [0.2, 0.25) is 0 Å². The summed E-state index contributed by atoms with van der Waals surface area (Å²) < 4.78 is 45.7. The molecule has 11 nitrogen and oxygen atoms in total. The fourth-order valence-electron chi connectivity index (χ4n) is 5.54. The third-order valence-corrected chi connectivity index (χ3v) is 7.06. The Balaban J connectivity index is 1.22. The molecule has 14 heteroatoms. The van der Waals surface area contributed by atoms with Crippen LogP contribution in [0.1, 0.15) is 25.7 Å². The van der Waals surface area contributed by atoms with E-state index < -0.39 is 18.8 Å². The zero-order valence-electron chi connectivity index (χ0n) is 18.7. The molecule has 2 bridgehead atoms. The van der Waals surface area contributed by atoms with E-state index in [1.807, 2.05) is 4.90 Å². The molecule has 0 radical (unpaired) electrons. The highest BCUT2D eigenvalue weighted by atomic mass is 19.4. The van der Waals surface area contributed by atoms with Gasteiger partial charge in [-0.2, -0.15) is 32.6 Å². The van der Waals surface area contributed by atoms with Gasteiger partial charge in [0, 0.05) is 31.7 Å². The number of anilines is 2. The van der Waals surface area contributed by atoms with Crippen LogP contribution < -0.4 is 10.6 Å². The molecule has 0 aromatic carbocycles. The zero-order chi connectivity index (χ0) is 24.3. The molecule has 3 aliphatic rings. The third-order valence-electron chi connectivity index (χ3n) is 7.06. The Bertz CT molecular complexity index is 1230. The van der Waals surface area contributed by atoms with Gasteiger partial charge in [-0.25, -0.2) is 0 Å². The van der Waals surface area contributed by atoms with Crippen molar-refractivity contribution in [3.63, 3.8) is 0 Å². The lowest BCUT2D eigenvalue weighted by Gasteiger charge is -2.42. The summed E-state index contributed by atoms with van der Waals surface area (Å²) in [5, 5.41) is 4.29. The lowest BCUT2D eigenvalue weighted by Crippen LogP contribution is -2.59. The van der Waals surface area contributed by atoms with Gasteiger partial charge in [-0.05, 0) is 37.8 Å². The molecule has 6 rings (SSSR count). The van der Waals surface area contributed by atoms with Crippen LogP contribution in [0.15, 0.2) is 22.8 Å². The lowest BCUT2D eigenvalue weighted by atomic mass is 10.1. The molecular weight excluding hydrogens is 467 g/mol. The monoisotopic (exact) mass is 491 g/mol. The number of piperazine rings is 1. The van der Waals surface area contributed by atoms with Crippen molar-refractivity contribution in [1.29, 1.82) is 0 Å². The molecule has 2 N–H and O–H groups in total. The number of alkyl halides is 3. The molecule has 0 spiro atoms. The third kappa shape index (κ3) is 3.94. The number of nitrogens with two attached hydrogens (primary N) is 1. The summed E-state index contributed by atoms with van der Waals surface area (Å²) in [5.41, 5.74) is 6.13. The topological polar surface area (TPSA) is 122 Å². The number of aromatic nitrogens is 5. The highest BCUT2D eigenvalue weighted by Gasteiger charge is 2.47. The molecule has 3 aromatic heterocycles. The summed E-state index contributed by atoms with van der Waals surface area (Å²) >= 11 is 0. The van der Waals surface area contributed by atoms with Gasteiger partial charge in [0.15, 0.2) is 5.76 Å². The van der Waals surface area contributed by atoms with Crippen LogP contribution in [0.25, 0.3) is 17.4 Å². The van der Waals surface area contributed by atoms with Gasteiger partial charge in [0.1, 0.15) is 6.04 Å². The predicted octanol–water partition coefficient (Wildman–Crippen LogP) is 1.57. The van der Waals surface area contributed by atoms with E-state index in [9.17, 15) is 18.0 Å². The van der Waals surface area contributed by atoms with Gasteiger partial charge in [0.2, 0.25) is 23.6 Å². The highest BCUT2D eigenvalue weighted by Crippen LogP contribution is 2.34. The minimum absolute atomic E-state index is 0.0761. The Labute approximate surface area is 197 Å². The quantitative estimate of drug-likeness (QED) is 0.579. The van der Waals surface area contributed by atoms with Gasteiger partial charge in [-0.15, -0.1) is 5.10 Å². The molecule has 3 saturated heterocycles. The van der Waals surface area contributed by atoms with Crippen molar-refractivity contribution in [3.8, 4) is 11.6 Å². The first kappa shape index (κ1) is 22.1. The van der Waals surface area contributed by atoms with Crippen LogP contribution >= 0.6 is 0 Å². The summed E-state index contributed by atoms with van der Waals surface area (Å²) in [6.07, 6.45) is -0.0350. The maximum atomic E-state index is 13.5. The van der Waals surface area contributed by atoms with E-state index in [1.165, 1.54) is 15.7 Å². The van der Waals surface area contributed by atoms with Crippen molar-refractivity contribution in [1.82, 2.24) is 34.4 Å². The van der Waals surface area contributed by atoms with Crippen molar-refractivity contribution >= 4 is 23.6 Å². The highest BCUT2D eigenvalue weighted by molar-refractivity contribution is 5.85. The Kier molecular flexibility index (Phi) is 5.09. The number of likely N-dealkylation sites (tertiary alicyclic amines) is 1. The average molecular weight is 491 g/mol. The largest absolute Gasteiger partial charge is 0.461 e. The summed E-state index contributed by atoms with van der Waals surface area (Å²) in [7, 11) is 0. The summed E-state index contributed by atoms with van der Waals surface area (Å²) in [4.78, 5) is 31.8. The fourth-order valence-corrected chi connectivity index (χ4v) is 5.54. The fraction of sp³-hybridized carbons (Fsp3) is 0.571. The van der Waals surface area contributed by atoms with Crippen LogP contribution in [-0.4, -0.2) is 90.8 Å². The van der Waals surface area contributed by atoms with Crippen LogP contribution in [-0.2, 0) is 4.79 Å². The number of hydrogen-bond donors (Lipinski definition) is 1. The minimum Gasteiger partial charge on any atom is -0.461 e. The summed E-state index contributed by atoms with van der Waals surface area (Å²) in [6.45, 7) is 0.237. The molecule has 0 saturated carbocycles. The number of halogens is 3. The van der Waals surface area contributed by atoms with Gasteiger partial charge in [-0.1, -0.05) is 0 Å². The smallest absolute Gasteiger partial charge is 0.401 e. The number of fused-ring (bicyclic) bond motifs is 3. The Hall–Kier alpha value is -3.42. The minimum atomic E-state index is -4.25. The SMILES string of the molecule is Nc1nc(N2CCC[C@H]2C(=O)N2CC3CCC(C2)N3CC(F)(F)F)nc2nc(-c3ccco3)nn12. The van der Waals surface area contributed by atoms with Gasteiger partial charge in [-0.3, -0.25) is 9.69 Å². The van der Waals surface area contributed by atoms with E-state index in [2.05, 4.69) is 20.1 Å². The van der Waals surface area contributed by atoms with E-state index in [1.54, 1.807) is 17.0 Å². The van der Waals surface area contributed by atoms with E-state index >= 15 is 0 Å². The lowest BCUT2D eigenvalue weighted by molar-refractivity contribution is -0.160. The number of hydrogen-bond acceptors (Lipinski definition) is 9. The van der Waals surface area contributed by atoms with Crippen LogP contribution in [0.5, 0.6) is 0 Å². The first-order valence-electron chi connectivity index (χ1n) is 11.6. The number of carbonyl (C=O) groups excluding carboxylic acids is 1. The van der Waals surface area contributed by atoms with E-state index in [0.29, 0.717) is 50.5 Å². The van der Waals surface area contributed by atoms with Crippen molar-refractivity contribution in [3.05, 3.63) is 18.4 Å². The normalized spacial score (nSPS) is 25.2. The number of carbonyl (C=O) groups is 1. The van der Waals surface area contributed by atoms with Crippen molar-refractivity contribution in [2.45, 2.75) is 50.0 Å². The maximum absolute atomic E-state index is 13.5. The summed E-state index contributed by atoms with van der Waals surface area (Å²) in [6, 6.07) is 2.40. The second kappa shape index (κ2) is 8.07. The molecule has 2 unspecified atom stereocenters. The van der Waals surface area contributed by atoms with Crippen molar-refractivity contribution in [2.24, 2.45) is 0 Å². The van der Waals surface area contributed by atoms with E-state index in [-0.39, 0.29) is 35.7 Å². The average Bonchev–Trinajstić information content (AvgIpc) is 3.58. The molecule has 0 aliphatic carbocycles. The molecule has 3 atom stereocenters. The standard InChI is InChI=1S/C21H24F3N9O2/c22-21(23,24)11-32-12-5-6-13(32)10-30(9-12)17(34)14-3-1-7-31(14)19-27-18(25)33-20(28-19)26-16(29-33)15-4-2-8-35-15/h2,4,8,12-14H,1,3,5-7,9-11H2,(H2,25,26,27,28,29)/t12?,13?,14-/m0/s1. The number of furan rings is 1. The number of nitrogen functional groups attached to an aromatic ring is 1. The second-order valence-electron chi connectivity index (χ2n) is 9.27. The number of amides is 1. The zero-order valence-corrected chi connectivity index (χ0v) is 18.7. The van der Waals surface area contributed by atoms with Gasteiger partial charge < -0.3 is 20.0 Å². The predicted molar refractivity (Wildman–Crippen MR) is 117 cm³/mol. The molecule has 3 aromatic rings. The molecular formula is C21H24F3N9O2. The van der Waals surface area contributed by atoms with Crippen LogP contribution in [0, 0.1) is 0 Å². The molecule has 35 heavy (non-hydrogen) atoms. The Morgan fingerprint density at radius 1 is 1.14 bits per heavy atom. The Morgan fingerprint density at radius 2 is 1.91 bits per heavy atom. The first-order valence-corrected chi connectivity index (χ1v) is 11.6.